The molecule has 0 atom stereocenters. The van der Waals surface area contributed by atoms with Crippen LogP contribution in [0.1, 0.15) is 63.3 Å². The molecule has 3 aromatic rings. The van der Waals surface area contributed by atoms with Crippen LogP contribution in [0.25, 0.3) is 0 Å². The fourth-order valence-electron chi connectivity index (χ4n) is 4.60. The minimum absolute atomic E-state index is 0.0711. The van der Waals surface area contributed by atoms with Crippen LogP contribution < -0.4 is 14.8 Å². The van der Waals surface area contributed by atoms with Crippen LogP contribution in [-0.4, -0.2) is 36.2 Å². The Hall–Kier alpha value is -3.76. The summed E-state index contributed by atoms with van der Waals surface area (Å²) in [4.78, 5) is 12.6. The lowest BCUT2D eigenvalue weighted by atomic mass is 9.91. The zero-order valence-corrected chi connectivity index (χ0v) is 25.8. The first-order valence-corrected chi connectivity index (χ1v) is 14.5. The Balaban J connectivity index is 1.44. The molecule has 7 nitrogen and oxygen atoms in total. The number of carbonyl (C=O) groups is 1. The molecule has 0 aliphatic carbocycles. The van der Waals surface area contributed by atoms with Gasteiger partial charge < -0.3 is 29.0 Å². The molecular weight excluding hydrogens is 575 g/mol. The van der Waals surface area contributed by atoms with Crippen LogP contribution in [0.2, 0.25) is 0 Å². The van der Waals surface area contributed by atoms with Crippen LogP contribution >= 0.6 is 0 Å². The van der Waals surface area contributed by atoms with E-state index in [2.05, 4.69) is 5.32 Å². The maximum atomic E-state index is 14.2. The Morgan fingerprint density at radius 3 is 2.16 bits per heavy atom. The van der Waals surface area contributed by atoms with Gasteiger partial charge in [0.05, 0.1) is 24.3 Å². The topological polar surface area (TPSA) is 75.3 Å². The van der Waals surface area contributed by atoms with Gasteiger partial charge in [0, 0.05) is 0 Å². The Morgan fingerprint density at radius 1 is 0.841 bits per heavy atom. The molecular formula is C34H40F3NO6. The molecule has 1 heterocycles. The molecule has 0 spiro atoms. The highest BCUT2D eigenvalue weighted by Gasteiger charge is 2.42. The van der Waals surface area contributed by atoms with E-state index in [1.165, 1.54) is 6.07 Å². The van der Waals surface area contributed by atoms with E-state index in [9.17, 15) is 18.0 Å². The number of nitrogens with one attached hydrogen (secondary N) is 1. The molecule has 1 N–H and O–H groups in total. The summed E-state index contributed by atoms with van der Waals surface area (Å²) in [6.45, 7) is 9.27. The molecule has 0 bridgehead atoms. The largest absolute Gasteiger partial charge is 0.489 e. The van der Waals surface area contributed by atoms with Gasteiger partial charge in [0.2, 0.25) is 0 Å². The summed E-state index contributed by atoms with van der Waals surface area (Å²) in [6.07, 6.45) is -4.82. The number of hydrogen-bond acceptors (Lipinski definition) is 6. The van der Waals surface area contributed by atoms with Crippen LogP contribution in [0.4, 0.5) is 18.0 Å². The van der Waals surface area contributed by atoms with Crippen molar-refractivity contribution in [2.45, 2.75) is 83.8 Å². The molecule has 4 rings (SSSR count). The maximum absolute atomic E-state index is 14.2. The Labute approximate surface area is 256 Å². The maximum Gasteiger partial charge on any atom is 0.419 e. The first-order chi connectivity index (χ1) is 20.6. The van der Waals surface area contributed by atoms with E-state index in [1.807, 2.05) is 30.3 Å². The monoisotopic (exact) mass is 615 g/mol. The molecule has 0 aromatic heterocycles. The smallest absolute Gasteiger partial charge is 0.419 e. The van der Waals surface area contributed by atoms with Crippen molar-refractivity contribution < 1.29 is 41.7 Å². The van der Waals surface area contributed by atoms with Crippen molar-refractivity contribution in [3.05, 3.63) is 95.1 Å². The zero-order chi connectivity index (χ0) is 32.0. The molecule has 0 saturated carbocycles. The predicted octanol–water partition coefficient (Wildman–Crippen LogP) is 7.84. The fraction of sp³-hybridized carbons (Fsp3) is 0.441. The van der Waals surface area contributed by atoms with E-state index in [0.717, 1.165) is 11.6 Å². The number of ether oxygens (including phenoxy) is 5. The number of hydrogen-bond donors (Lipinski definition) is 1. The first kappa shape index (κ1) is 33.1. The zero-order valence-electron chi connectivity index (χ0n) is 25.8. The summed E-state index contributed by atoms with van der Waals surface area (Å²) in [5.41, 5.74) is -0.492. The van der Waals surface area contributed by atoms with Crippen LogP contribution in [0.3, 0.4) is 0 Å². The second-order valence-electron chi connectivity index (χ2n) is 12.4. The van der Waals surface area contributed by atoms with Crippen molar-refractivity contribution in [1.29, 1.82) is 0 Å². The quantitative estimate of drug-likeness (QED) is 0.251. The number of aryl methyl sites for hydroxylation is 1. The van der Waals surface area contributed by atoms with Gasteiger partial charge in [-0.2, -0.15) is 13.2 Å². The normalized spacial score (nSPS) is 16.2. The molecule has 238 valence electrons. The lowest BCUT2D eigenvalue weighted by Gasteiger charge is -2.44. The van der Waals surface area contributed by atoms with E-state index in [1.54, 1.807) is 65.0 Å². The average molecular weight is 616 g/mol. The molecule has 0 unspecified atom stereocenters. The highest BCUT2D eigenvalue weighted by Crippen LogP contribution is 2.38. The van der Waals surface area contributed by atoms with Crippen LogP contribution in [0.15, 0.2) is 72.8 Å². The van der Waals surface area contributed by atoms with Crippen LogP contribution in [0.5, 0.6) is 11.5 Å². The number of amides is 1. The molecule has 1 amide bonds. The summed E-state index contributed by atoms with van der Waals surface area (Å²) in [7, 11) is 0. The Bertz CT molecular complexity index is 1390. The third-order valence-corrected chi connectivity index (χ3v) is 6.94. The van der Waals surface area contributed by atoms with Crippen molar-refractivity contribution in [1.82, 2.24) is 5.32 Å². The third kappa shape index (κ3) is 9.89. The Kier molecular flexibility index (Phi) is 10.2. The van der Waals surface area contributed by atoms with Crippen LogP contribution in [-0.2, 0) is 40.0 Å². The van der Waals surface area contributed by atoms with E-state index in [0.29, 0.717) is 23.5 Å². The van der Waals surface area contributed by atoms with Gasteiger partial charge in [-0.1, -0.05) is 48.5 Å². The molecule has 1 aliphatic heterocycles. The SMILES string of the molecule is CC(C)(C)OC(=O)NC1(CCc2ccc(OCc3cccc(OCc4ccccc4)c3)c(C(F)(F)F)c2)COC(C)(C)OC1. The predicted molar refractivity (Wildman–Crippen MR) is 159 cm³/mol. The second kappa shape index (κ2) is 13.5. The van der Waals surface area contributed by atoms with Crippen molar-refractivity contribution in [2.24, 2.45) is 0 Å². The number of rotatable bonds is 10. The van der Waals surface area contributed by atoms with Gasteiger partial charge in [-0.05, 0) is 88.4 Å². The first-order valence-electron chi connectivity index (χ1n) is 14.5. The Morgan fingerprint density at radius 2 is 1.50 bits per heavy atom. The van der Waals surface area contributed by atoms with Gasteiger partial charge in [-0.25, -0.2) is 4.79 Å². The van der Waals surface area contributed by atoms with E-state index < -0.39 is 34.8 Å². The number of alkyl carbamates (subject to hydrolysis) is 1. The summed E-state index contributed by atoms with van der Waals surface area (Å²) >= 11 is 0. The van der Waals surface area contributed by atoms with Crippen molar-refractivity contribution in [3.8, 4) is 11.5 Å². The molecule has 3 aromatic carbocycles. The number of benzene rings is 3. The average Bonchev–Trinajstić information content (AvgIpc) is 2.95. The number of carbonyl (C=O) groups excluding carboxylic acids is 1. The lowest BCUT2D eigenvalue weighted by Crippen LogP contribution is -2.61. The van der Waals surface area contributed by atoms with E-state index in [-0.39, 0.29) is 38.4 Å². The van der Waals surface area contributed by atoms with E-state index >= 15 is 0 Å². The van der Waals surface area contributed by atoms with Gasteiger partial charge in [0.25, 0.3) is 0 Å². The molecule has 1 fully saturated rings. The highest BCUT2D eigenvalue weighted by molar-refractivity contribution is 5.69. The van der Waals surface area contributed by atoms with Crippen molar-refractivity contribution in [3.63, 3.8) is 0 Å². The minimum atomic E-state index is -4.64. The van der Waals surface area contributed by atoms with Gasteiger partial charge in [0.15, 0.2) is 5.79 Å². The lowest BCUT2D eigenvalue weighted by molar-refractivity contribution is -0.271. The van der Waals surface area contributed by atoms with Gasteiger partial charge >= 0.3 is 12.3 Å². The van der Waals surface area contributed by atoms with Crippen molar-refractivity contribution in [2.75, 3.05) is 13.2 Å². The highest BCUT2D eigenvalue weighted by atomic mass is 19.4. The van der Waals surface area contributed by atoms with E-state index in [4.69, 9.17) is 23.7 Å². The summed E-state index contributed by atoms with van der Waals surface area (Å²) in [5, 5.41) is 2.85. The molecule has 10 heteroatoms. The molecule has 1 aliphatic rings. The van der Waals surface area contributed by atoms with Crippen molar-refractivity contribution >= 4 is 6.09 Å². The standard InChI is InChI=1S/C34H40F3NO6/c1-31(2,3)44-30(39)38-33(22-42-32(4,5)43-23-33)17-16-24-14-15-29(28(19-24)34(35,36)37)41-21-26-12-9-13-27(18-26)40-20-25-10-7-6-8-11-25/h6-15,18-19H,16-17,20-23H2,1-5H3,(H,38,39). The number of alkyl halides is 3. The van der Waals surface area contributed by atoms with Gasteiger partial charge in [-0.3, -0.25) is 0 Å². The molecule has 1 saturated heterocycles. The summed E-state index contributed by atoms with van der Waals surface area (Å²) in [6, 6.07) is 20.8. The fourth-order valence-corrected chi connectivity index (χ4v) is 4.60. The summed E-state index contributed by atoms with van der Waals surface area (Å²) < 4.78 is 71.0. The van der Waals surface area contributed by atoms with Crippen LogP contribution in [0, 0.1) is 0 Å². The van der Waals surface area contributed by atoms with Gasteiger partial charge in [-0.15, -0.1) is 0 Å². The molecule has 0 radical (unpaired) electrons. The summed E-state index contributed by atoms with van der Waals surface area (Å²) in [5.74, 6) is -0.534. The second-order valence-corrected chi connectivity index (χ2v) is 12.4. The minimum Gasteiger partial charge on any atom is -0.489 e. The molecule has 44 heavy (non-hydrogen) atoms. The van der Waals surface area contributed by atoms with Gasteiger partial charge in [0.1, 0.15) is 30.3 Å². The number of halogens is 3. The third-order valence-electron chi connectivity index (χ3n) is 6.94.